The van der Waals surface area contributed by atoms with Crippen LogP contribution < -0.4 is 10.6 Å². The fraction of sp³-hybridized carbons (Fsp3) is 0.308. The quantitative estimate of drug-likeness (QED) is 0.522. The standard InChI is InChI=1S/C26H23Cl2N5O2/c1-15-22(17-6-4-8-19(27)23(17)28)20(14-29)32-25(31-15)33-11-9-26(10-12-33)18-7-3-2-5-16(18)13-21(26)35-24(30)34/h2-8,21H,9-13H2,1H3,(H2,30,34)/t21-/m1/s1. The van der Waals surface area contributed by atoms with Crippen molar-refractivity contribution in [1.29, 1.82) is 5.26 Å². The molecular weight excluding hydrogens is 485 g/mol. The summed E-state index contributed by atoms with van der Waals surface area (Å²) in [5.41, 5.74) is 9.62. The van der Waals surface area contributed by atoms with E-state index in [1.54, 1.807) is 12.1 Å². The second-order valence-corrected chi connectivity index (χ2v) is 9.76. The fourth-order valence-electron chi connectivity index (χ4n) is 5.54. The number of piperidine rings is 1. The van der Waals surface area contributed by atoms with Crippen LogP contribution >= 0.6 is 23.2 Å². The van der Waals surface area contributed by atoms with Gasteiger partial charge in [-0.25, -0.2) is 14.8 Å². The third-order valence-electron chi connectivity index (χ3n) is 7.18. The van der Waals surface area contributed by atoms with Gasteiger partial charge < -0.3 is 15.4 Å². The van der Waals surface area contributed by atoms with Gasteiger partial charge in [-0.1, -0.05) is 59.6 Å². The SMILES string of the molecule is Cc1nc(N2CCC3(CC2)c2ccccc2C[C@H]3OC(N)=O)nc(C#N)c1-c1cccc(Cl)c1Cl. The van der Waals surface area contributed by atoms with Crippen LogP contribution in [0, 0.1) is 18.3 Å². The van der Waals surface area contributed by atoms with Gasteiger partial charge in [0.2, 0.25) is 5.95 Å². The Morgan fingerprint density at radius 1 is 1.17 bits per heavy atom. The molecule has 0 bridgehead atoms. The van der Waals surface area contributed by atoms with E-state index in [1.807, 2.05) is 25.1 Å². The zero-order valence-corrected chi connectivity index (χ0v) is 20.6. The van der Waals surface area contributed by atoms with Crippen molar-refractivity contribution >= 4 is 35.2 Å². The van der Waals surface area contributed by atoms with Crippen molar-refractivity contribution in [3.05, 3.63) is 75.0 Å². The van der Waals surface area contributed by atoms with E-state index in [0.29, 0.717) is 52.3 Å². The van der Waals surface area contributed by atoms with Crippen LogP contribution in [0.15, 0.2) is 42.5 Å². The van der Waals surface area contributed by atoms with Crippen molar-refractivity contribution in [1.82, 2.24) is 9.97 Å². The molecule has 35 heavy (non-hydrogen) atoms. The van der Waals surface area contributed by atoms with E-state index in [2.05, 4.69) is 28.1 Å². The Bertz CT molecular complexity index is 1360. The van der Waals surface area contributed by atoms with Gasteiger partial charge in [-0.05, 0) is 37.0 Å². The average Bonchev–Trinajstić information content (AvgIpc) is 3.13. The molecule has 1 atom stereocenters. The number of amides is 1. The number of aryl methyl sites for hydroxylation is 1. The molecule has 1 aromatic heterocycles. The summed E-state index contributed by atoms with van der Waals surface area (Å²) < 4.78 is 5.59. The number of hydrogen-bond donors (Lipinski definition) is 1. The van der Waals surface area contributed by atoms with Crippen LogP contribution in [0.25, 0.3) is 11.1 Å². The third-order valence-corrected chi connectivity index (χ3v) is 8.00. The molecule has 2 aromatic carbocycles. The predicted octanol–water partition coefficient (Wildman–Crippen LogP) is 5.19. The molecule has 0 unspecified atom stereocenters. The number of nitrogens with two attached hydrogens (primary N) is 1. The first-order chi connectivity index (χ1) is 16.8. The number of nitriles is 1. The second kappa shape index (κ2) is 9.03. The molecular formula is C26H23Cl2N5O2. The highest BCUT2D eigenvalue weighted by atomic mass is 35.5. The van der Waals surface area contributed by atoms with Crippen LogP contribution in [-0.4, -0.2) is 35.3 Å². The molecule has 3 aromatic rings. The highest BCUT2D eigenvalue weighted by Crippen LogP contribution is 2.48. The molecule has 0 saturated carbocycles. The molecule has 1 spiro atoms. The molecule has 5 rings (SSSR count). The van der Waals surface area contributed by atoms with E-state index in [0.717, 1.165) is 12.8 Å². The predicted molar refractivity (Wildman–Crippen MR) is 135 cm³/mol. The smallest absolute Gasteiger partial charge is 0.404 e. The van der Waals surface area contributed by atoms with Crippen LogP contribution in [0.4, 0.5) is 10.7 Å². The molecule has 1 fully saturated rings. The van der Waals surface area contributed by atoms with Crippen LogP contribution in [0.3, 0.4) is 0 Å². The van der Waals surface area contributed by atoms with Crippen molar-refractivity contribution in [3.63, 3.8) is 0 Å². The molecule has 178 valence electrons. The highest BCUT2D eigenvalue weighted by molar-refractivity contribution is 6.43. The van der Waals surface area contributed by atoms with E-state index in [4.69, 9.17) is 38.7 Å². The number of hydrogen-bond acceptors (Lipinski definition) is 6. The molecule has 9 heteroatoms. The summed E-state index contributed by atoms with van der Waals surface area (Å²) in [6.07, 6.45) is 1.09. The third kappa shape index (κ3) is 3.97. The Morgan fingerprint density at radius 3 is 2.63 bits per heavy atom. The lowest BCUT2D eigenvalue weighted by atomic mass is 9.72. The number of primary amides is 1. The van der Waals surface area contributed by atoms with Crippen molar-refractivity contribution in [2.75, 3.05) is 18.0 Å². The lowest BCUT2D eigenvalue weighted by Crippen LogP contribution is -2.49. The topological polar surface area (TPSA) is 105 Å². The van der Waals surface area contributed by atoms with E-state index < -0.39 is 6.09 Å². The largest absolute Gasteiger partial charge is 0.445 e. The van der Waals surface area contributed by atoms with Crippen molar-refractivity contribution in [2.24, 2.45) is 5.73 Å². The number of fused-ring (bicyclic) bond motifs is 2. The van der Waals surface area contributed by atoms with E-state index in [-0.39, 0.29) is 17.2 Å². The fourth-order valence-corrected chi connectivity index (χ4v) is 5.94. The van der Waals surface area contributed by atoms with Gasteiger partial charge in [-0.15, -0.1) is 0 Å². The first-order valence-electron chi connectivity index (χ1n) is 11.4. The van der Waals surface area contributed by atoms with Crippen LogP contribution in [0.2, 0.25) is 10.0 Å². The molecule has 0 radical (unpaired) electrons. The Hall–Kier alpha value is -3.34. The number of rotatable bonds is 3. The zero-order valence-electron chi connectivity index (χ0n) is 19.1. The van der Waals surface area contributed by atoms with Crippen LogP contribution in [-0.2, 0) is 16.6 Å². The number of carbonyl (C=O) groups is 1. The highest BCUT2D eigenvalue weighted by Gasteiger charge is 2.50. The Balaban J connectivity index is 1.46. The molecule has 1 aliphatic carbocycles. The summed E-state index contributed by atoms with van der Waals surface area (Å²) in [4.78, 5) is 23.0. The van der Waals surface area contributed by atoms with Gasteiger partial charge in [0.05, 0.1) is 15.7 Å². The van der Waals surface area contributed by atoms with Gasteiger partial charge in [-0.2, -0.15) is 5.26 Å². The maximum atomic E-state index is 11.6. The minimum atomic E-state index is -0.752. The first kappa shape index (κ1) is 23.4. The van der Waals surface area contributed by atoms with Crippen LogP contribution in [0.1, 0.15) is 35.4 Å². The molecule has 2 N–H and O–H groups in total. The summed E-state index contributed by atoms with van der Waals surface area (Å²) in [6.45, 7) is 3.14. The van der Waals surface area contributed by atoms with E-state index >= 15 is 0 Å². The summed E-state index contributed by atoms with van der Waals surface area (Å²) in [5.74, 6) is 0.495. The number of halogens is 2. The van der Waals surface area contributed by atoms with E-state index in [1.165, 1.54) is 11.1 Å². The van der Waals surface area contributed by atoms with Gasteiger partial charge >= 0.3 is 6.09 Å². The maximum Gasteiger partial charge on any atom is 0.404 e. The summed E-state index contributed by atoms with van der Waals surface area (Å²) in [5, 5.41) is 10.7. The summed E-state index contributed by atoms with van der Waals surface area (Å²) in [6, 6.07) is 15.7. The molecule has 2 heterocycles. The van der Waals surface area contributed by atoms with Gasteiger partial charge in [0.25, 0.3) is 0 Å². The monoisotopic (exact) mass is 507 g/mol. The van der Waals surface area contributed by atoms with Gasteiger partial charge in [0.15, 0.2) is 5.69 Å². The Kier molecular flexibility index (Phi) is 6.04. The van der Waals surface area contributed by atoms with Crippen molar-refractivity contribution < 1.29 is 9.53 Å². The second-order valence-electron chi connectivity index (χ2n) is 8.98. The lowest BCUT2D eigenvalue weighted by Gasteiger charge is -2.43. The van der Waals surface area contributed by atoms with Gasteiger partial charge in [-0.3, -0.25) is 0 Å². The number of aromatic nitrogens is 2. The van der Waals surface area contributed by atoms with Crippen molar-refractivity contribution in [3.8, 4) is 17.2 Å². The number of benzene rings is 2. The van der Waals surface area contributed by atoms with Gasteiger partial charge in [0.1, 0.15) is 12.2 Å². The zero-order chi connectivity index (χ0) is 24.7. The molecule has 7 nitrogen and oxygen atoms in total. The number of anilines is 1. The first-order valence-corrected chi connectivity index (χ1v) is 12.1. The summed E-state index contributed by atoms with van der Waals surface area (Å²) >= 11 is 12.6. The maximum absolute atomic E-state index is 11.6. The molecule has 1 saturated heterocycles. The minimum absolute atomic E-state index is 0.248. The number of nitrogens with zero attached hydrogens (tertiary/aromatic N) is 4. The van der Waals surface area contributed by atoms with E-state index in [9.17, 15) is 10.1 Å². The summed E-state index contributed by atoms with van der Waals surface area (Å²) in [7, 11) is 0. The normalized spacial score (nSPS) is 18.2. The Morgan fingerprint density at radius 2 is 1.91 bits per heavy atom. The van der Waals surface area contributed by atoms with Crippen LogP contribution in [0.5, 0.6) is 0 Å². The molecule has 2 aliphatic rings. The van der Waals surface area contributed by atoms with Crippen molar-refractivity contribution in [2.45, 2.75) is 37.7 Å². The lowest BCUT2D eigenvalue weighted by molar-refractivity contribution is 0.0493. The number of ether oxygens (including phenoxy) is 1. The average molecular weight is 508 g/mol. The molecule has 1 aliphatic heterocycles. The number of carbonyl (C=O) groups excluding carboxylic acids is 1. The molecule has 1 amide bonds. The Labute approximate surface area is 213 Å². The van der Waals surface area contributed by atoms with Gasteiger partial charge in [0, 0.05) is 36.1 Å². The minimum Gasteiger partial charge on any atom is -0.445 e.